The second-order valence-corrected chi connectivity index (χ2v) is 9.58. The van der Waals surface area contributed by atoms with Crippen LogP contribution in [0.2, 0.25) is 0 Å². The molecule has 8 nitrogen and oxygen atoms in total. The molecule has 0 bridgehead atoms. The monoisotopic (exact) mass is 504 g/mol. The van der Waals surface area contributed by atoms with Crippen molar-refractivity contribution in [3.8, 4) is 0 Å². The van der Waals surface area contributed by atoms with Crippen molar-refractivity contribution in [3.63, 3.8) is 0 Å². The number of alkyl halides is 3. The van der Waals surface area contributed by atoms with Crippen LogP contribution in [-0.2, 0) is 9.53 Å². The fourth-order valence-electron chi connectivity index (χ4n) is 5.02. The summed E-state index contributed by atoms with van der Waals surface area (Å²) in [4.78, 5) is 35.5. The third-order valence-corrected chi connectivity index (χ3v) is 7.19. The van der Waals surface area contributed by atoms with Crippen LogP contribution in [0.5, 0.6) is 0 Å². The minimum Gasteiger partial charge on any atom is -0.475 e. The van der Waals surface area contributed by atoms with Crippen molar-refractivity contribution < 1.29 is 32.6 Å². The summed E-state index contributed by atoms with van der Waals surface area (Å²) in [6.45, 7) is 6.21. The molecule has 34 heavy (non-hydrogen) atoms. The van der Waals surface area contributed by atoms with Gasteiger partial charge in [0.2, 0.25) is 0 Å². The molecular formula is C22H31F3N4O4S. The quantitative estimate of drug-likeness (QED) is 0.495. The lowest BCUT2D eigenvalue weighted by Gasteiger charge is -2.52. The molecule has 0 aromatic carbocycles. The molecule has 3 fully saturated rings. The van der Waals surface area contributed by atoms with E-state index in [9.17, 15) is 18.0 Å². The van der Waals surface area contributed by atoms with Gasteiger partial charge in [0, 0.05) is 18.8 Å². The van der Waals surface area contributed by atoms with Gasteiger partial charge >= 0.3 is 12.1 Å². The van der Waals surface area contributed by atoms with Crippen LogP contribution in [0.15, 0.2) is 11.4 Å². The van der Waals surface area contributed by atoms with Crippen molar-refractivity contribution in [1.82, 2.24) is 19.8 Å². The molecule has 190 valence electrons. The van der Waals surface area contributed by atoms with Gasteiger partial charge in [-0.2, -0.15) is 13.2 Å². The number of rotatable bonds is 3. The van der Waals surface area contributed by atoms with Gasteiger partial charge in [0.25, 0.3) is 5.91 Å². The van der Waals surface area contributed by atoms with Crippen molar-refractivity contribution in [3.05, 3.63) is 17.5 Å². The molecule has 1 aliphatic carbocycles. The maximum absolute atomic E-state index is 13.2. The van der Waals surface area contributed by atoms with Gasteiger partial charge in [0.05, 0.1) is 24.4 Å². The molecule has 1 spiro atoms. The zero-order valence-corrected chi connectivity index (χ0v) is 20.3. The Bertz CT molecular complexity index is 878. The lowest BCUT2D eigenvalue weighted by atomic mass is 9.78. The van der Waals surface area contributed by atoms with E-state index in [2.05, 4.69) is 14.9 Å². The number of halogens is 3. The van der Waals surface area contributed by atoms with Crippen LogP contribution in [0.25, 0.3) is 0 Å². The van der Waals surface area contributed by atoms with Gasteiger partial charge in [-0.1, -0.05) is 24.6 Å². The molecule has 2 unspecified atom stereocenters. The number of thioether (sulfide) groups is 1. The van der Waals surface area contributed by atoms with Crippen LogP contribution in [-0.4, -0.2) is 93.6 Å². The highest BCUT2D eigenvalue weighted by Crippen LogP contribution is 2.39. The van der Waals surface area contributed by atoms with E-state index >= 15 is 0 Å². The predicted molar refractivity (Wildman–Crippen MR) is 120 cm³/mol. The average molecular weight is 505 g/mol. The Morgan fingerprint density at radius 2 is 1.88 bits per heavy atom. The summed E-state index contributed by atoms with van der Waals surface area (Å²) in [6.07, 6.45) is 5.83. The highest BCUT2D eigenvalue weighted by atomic mass is 32.2. The van der Waals surface area contributed by atoms with Crippen molar-refractivity contribution in [1.29, 1.82) is 0 Å². The fourth-order valence-corrected chi connectivity index (χ4v) is 5.40. The zero-order valence-electron chi connectivity index (χ0n) is 19.4. The van der Waals surface area contributed by atoms with E-state index in [1.54, 1.807) is 6.20 Å². The van der Waals surface area contributed by atoms with Crippen LogP contribution < -0.4 is 0 Å². The van der Waals surface area contributed by atoms with Gasteiger partial charge in [0.15, 0.2) is 5.16 Å². The number of aliphatic carboxylic acids is 1. The number of morpholine rings is 1. The topological polar surface area (TPSA) is 95.9 Å². The predicted octanol–water partition coefficient (Wildman–Crippen LogP) is 3.39. The van der Waals surface area contributed by atoms with Gasteiger partial charge in [-0.3, -0.25) is 9.69 Å². The summed E-state index contributed by atoms with van der Waals surface area (Å²) < 4.78 is 38.2. The van der Waals surface area contributed by atoms with Gasteiger partial charge in [-0.25, -0.2) is 14.8 Å². The maximum Gasteiger partial charge on any atom is 0.490 e. The lowest BCUT2D eigenvalue weighted by Crippen LogP contribution is -2.64. The second-order valence-electron chi connectivity index (χ2n) is 8.80. The number of carbonyl (C=O) groups excluding carboxylic acids is 1. The van der Waals surface area contributed by atoms with Crippen molar-refractivity contribution in [2.45, 2.75) is 68.4 Å². The Labute approximate surface area is 201 Å². The molecule has 1 saturated carbocycles. The van der Waals surface area contributed by atoms with E-state index in [4.69, 9.17) is 14.6 Å². The van der Waals surface area contributed by atoms with Crippen molar-refractivity contribution >= 4 is 23.6 Å². The van der Waals surface area contributed by atoms with E-state index in [0.717, 1.165) is 12.1 Å². The molecule has 2 atom stereocenters. The van der Waals surface area contributed by atoms with Gasteiger partial charge in [-0.15, -0.1) is 0 Å². The Kier molecular flexibility index (Phi) is 8.80. The van der Waals surface area contributed by atoms with E-state index in [0.29, 0.717) is 36.5 Å². The first-order valence-electron chi connectivity index (χ1n) is 11.4. The minimum atomic E-state index is -5.08. The van der Waals surface area contributed by atoms with E-state index < -0.39 is 12.1 Å². The Balaban J connectivity index is 0.000000406. The number of carbonyl (C=O) groups is 2. The molecule has 1 amide bonds. The molecule has 4 rings (SSSR count). The van der Waals surface area contributed by atoms with Crippen LogP contribution in [0, 0.1) is 6.92 Å². The number of amides is 1. The fraction of sp³-hybridized carbons (Fsp3) is 0.727. The Hall–Kier alpha value is -1.92. The van der Waals surface area contributed by atoms with Gasteiger partial charge in [0.1, 0.15) is 5.60 Å². The molecular weight excluding hydrogens is 473 g/mol. The van der Waals surface area contributed by atoms with Crippen LogP contribution in [0.3, 0.4) is 0 Å². The molecule has 1 N–H and O–H groups in total. The normalized spacial score (nSPS) is 25.7. The van der Waals surface area contributed by atoms with E-state index in [1.807, 2.05) is 18.1 Å². The smallest absolute Gasteiger partial charge is 0.475 e. The summed E-state index contributed by atoms with van der Waals surface area (Å²) >= 11 is 1.50. The first-order valence-corrected chi connectivity index (χ1v) is 12.6. The first kappa shape index (κ1) is 26.7. The van der Waals surface area contributed by atoms with Gasteiger partial charge in [-0.05, 0) is 52.0 Å². The molecule has 2 saturated heterocycles. The number of ether oxygens (including phenoxy) is 1. The number of nitrogens with zero attached hydrogens (tertiary/aromatic N) is 4. The number of carboxylic acids is 1. The Morgan fingerprint density at radius 3 is 2.47 bits per heavy atom. The first-order chi connectivity index (χ1) is 16.1. The molecule has 0 radical (unpaired) electrons. The zero-order chi connectivity index (χ0) is 24.9. The van der Waals surface area contributed by atoms with Crippen LogP contribution in [0.1, 0.15) is 54.6 Å². The summed E-state index contributed by atoms with van der Waals surface area (Å²) in [6, 6.07) is 0.445. The SMILES string of the molecule is CSc1ncc(C(=O)N2CCOC3(CCCCC3N3CCCC3)C2)c(C)n1.O=C(O)C(F)(F)F. The number of aromatic nitrogens is 2. The largest absolute Gasteiger partial charge is 0.490 e. The highest BCUT2D eigenvalue weighted by Gasteiger charge is 2.49. The molecule has 1 aromatic heterocycles. The van der Waals surface area contributed by atoms with Crippen LogP contribution >= 0.6 is 11.8 Å². The van der Waals surface area contributed by atoms with Crippen LogP contribution in [0.4, 0.5) is 13.2 Å². The van der Waals surface area contributed by atoms with E-state index in [1.165, 1.54) is 57.0 Å². The summed E-state index contributed by atoms with van der Waals surface area (Å²) in [5, 5.41) is 7.84. The molecule has 3 heterocycles. The molecule has 3 aliphatic rings. The summed E-state index contributed by atoms with van der Waals surface area (Å²) in [7, 11) is 0. The van der Waals surface area contributed by atoms with Crippen molar-refractivity contribution in [2.75, 3.05) is 39.0 Å². The average Bonchev–Trinajstić information content (AvgIpc) is 3.33. The van der Waals surface area contributed by atoms with E-state index in [-0.39, 0.29) is 11.5 Å². The number of aryl methyl sites for hydroxylation is 1. The molecule has 2 aliphatic heterocycles. The third-order valence-electron chi connectivity index (χ3n) is 6.63. The minimum absolute atomic E-state index is 0.0496. The standard InChI is InChI=1S/C20H30N4O2S.C2HF3O2/c1-15-16(13-21-19(22-15)27-2)18(25)24-11-12-26-20(14-24)8-4-3-7-17(20)23-9-5-6-10-23;3-2(4,5)1(6)7/h13,17H,3-12,14H2,1-2H3;(H,6,7). The number of hydrogen-bond donors (Lipinski definition) is 1. The number of carboxylic acid groups (broad SMARTS) is 1. The third kappa shape index (κ3) is 6.19. The van der Waals surface area contributed by atoms with Crippen molar-refractivity contribution in [2.24, 2.45) is 0 Å². The molecule has 12 heteroatoms. The number of likely N-dealkylation sites (tertiary alicyclic amines) is 1. The number of hydrogen-bond acceptors (Lipinski definition) is 7. The second kappa shape index (κ2) is 11.2. The highest BCUT2D eigenvalue weighted by molar-refractivity contribution is 7.98. The molecule has 1 aromatic rings. The van der Waals surface area contributed by atoms with Gasteiger partial charge < -0.3 is 14.7 Å². The Morgan fingerprint density at radius 1 is 1.21 bits per heavy atom. The maximum atomic E-state index is 13.2. The summed E-state index contributed by atoms with van der Waals surface area (Å²) in [5.74, 6) is -2.71. The lowest BCUT2D eigenvalue weighted by molar-refractivity contribution is -0.192. The summed E-state index contributed by atoms with van der Waals surface area (Å²) in [5.41, 5.74) is 1.18.